The van der Waals surface area contributed by atoms with Gasteiger partial charge in [-0.05, 0) is 51.5 Å². The minimum Gasteiger partial charge on any atom is -0.489 e. The summed E-state index contributed by atoms with van der Waals surface area (Å²) in [5.74, 6) is 0.565. The van der Waals surface area contributed by atoms with Gasteiger partial charge in [-0.3, -0.25) is 9.78 Å². The van der Waals surface area contributed by atoms with E-state index in [1.807, 2.05) is 45.0 Å². The molecule has 0 aliphatic carbocycles. The first-order chi connectivity index (χ1) is 11.9. The largest absolute Gasteiger partial charge is 0.489 e. The van der Waals surface area contributed by atoms with Crippen molar-refractivity contribution in [3.8, 4) is 5.75 Å². The van der Waals surface area contributed by atoms with Crippen molar-refractivity contribution in [3.05, 3.63) is 30.5 Å². The Hall–Kier alpha value is -2.14. The number of carbonyl (C=O) groups is 1. The lowest BCUT2D eigenvalue weighted by molar-refractivity contribution is -0.136. The minimum atomic E-state index is -0.850. The molecule has 5 heteroatoms. The van der Waals surface area contributed by atoms with Crippen molar-refractivity contribution in [3.63, 3.8) is 0 Å². The van der Waals surface area contributed by atoms with Crippen molar-refractivity contribution in [1.82, 2.24) is 4.98 Å². The maximum atomic E-state index is 12.8. The van der Waals surface area contributed by atoms with Gasteiger partial charge in [0.05, 0.1) is 11.8 Å². The first kappa shape index (κ1) is 19.2. The number of anilines is 1. The van der Waals surface area contributed by atoms with Crippen molar-refractivity contribution in [1.29, 1.82) is 0 Å². The van der Waals surface area contributed by atoms with E-state index in [4.69, 9.17) is 9.47 Å². The molecule has 0 spiro atoms. The Kier molecular flexibility index (Phi) is 6.37. The maximum absolute atomic E-state index is 12.8. The summed E-state index contributed by atoms with van der Waals surface area (Å²) in [6.45, 7) is 7.87. The second-order valence-corrected chi connectivity index (χ2v) is 6.67. The monoisotopic (exact) mass is 344 g/mol. The SMILES string of the molecule is CCCC[C@](C)(OC)C(=O)Nc1ccc(OC(C)C)c2ncccc12. The van der Waals surface area contributed by atoms with Crippen LogP contribution in [0, 0.1) is 0 Å². The average molecular weight is 344 g/mol. The summed E-state index contributed by atoms with van der Waals surface area (Å²) in [6.07, 6.45) is 4.40. The van der Waals surface area contributed by atoms with Crippen LogP contribution < -0.4 is 10.1 Å². The number of nitrogens with one attached hydrogen (secondary N) is 1. The quantitative estimate of drug-likeness (QED) is 0.763. The van der Waals surface area contributed by atoms with Gasteiger partial charge in [0.25, 0.3) is 5.91 Å². The Morgan fingerprint density at radius 1 is 1.32 bits per heavy atom. The zero-order valence-electron chi connectivity index (χ0n) is 15.8. The summed E-state index contributed by atoms with van der Waals surface area (Å²) in [5.41, 5.74) is 0.600. The first-order valence-electron chi connectivity index (χ1n) is 8.82. The fourth-order valence-corrected chi connectivity index (χ4v) is 2.68. The number of amides is 1. The summed E-state index contributed by atoms with van der Waals surface area (Å²) >= 11 is 0. The molecule has 0 bridgehead atoms. The number of nitrogens with zero attached hydrogens (tertiary/aromatic N) is 1. The molecule has 2 aromatic rings. The highest BCUT2D eigenvalue weighted by Crippen LogP contribution is 2.31. The van der Waals surface area contributed by atoms with Crippen LogP contribution in [0.25, 0.3) is 10.9 Å². The van der Waals surface area contributed by atoms with Gasteiger partial charge in [0.1, 0.15) is 16.9 Å². The number of rotatable bonds is 8. The molecule has 0 saturated heterocycles. The summed E-state index contributed by atoms with van der Waals surface area (Å²) < 4.78 is 11.3. The van der Waals surface area contributed by atoms with Crippen LogP contribution in [-0.4, -0.2) is 29.7 Å². The maximum Gasteiger partial charge on any atom is 0.256 e. The van der Waals surface area contributed by atoms with Gasteiger partial charge < -0.3 is 14.8 Å². The van der Waals surface area contributed by atoms with Gasteiger partial charge in [0.15, 0.2) is 0 Å². The van der Waals surface area contributed by atoms with Crippen LogP contribution in [0.2, 0.25) is 0 Å². The number of ether oxygens (including phenoxy) is 2. The van der Waals surface area contributed by atoms with Crippen LogP contribution in [0.5, 0.6) is 5.75 Å². The highest BCUT2D eigenvalue weighted by molar-refractivity contribution is 6.05. The molecule has 1 heterocycles. The van der Waals surface area contributed by atoms with Crippen LogP contribution in [0.3, 0.4) is 0 Å². The minimum absolute atomic E-state index is 0.0523. The third-order valence-corrected chi connectivity index (χ3v) is 4.28. The summed E-state index contributed by atoms with van der Waals surface area (Å²) in [5, 5.41) is 3.86. The van der Waals surface area contributed by atoms with Crippen LogP contribution in [0.1, 0.15) is 47.0 Å². The second-order valence-electron chi connectivity index (χ2n) is 6.67. The number of aromatic nitrogens is 1. The fourth-order valence-electron chi connectivity index (χ4n) is 2.68. The van der Waals surface area contributed by atoms with Crippen molar-refractivity contribution >= 4 is 22.5 Å². The third kappa shape index (κ3) is 4.48. The molecule has 1 aromatic carbocycles. The van der Waals surface area contributed by atoms with Crippen LogP contribution >= 0.6 is 0 Å². The highest BCUT2D eigenvalue weighted by Gasteiger charge is 2.32. The molecule has 136 valence electrons. The number of carbonyl (C=O) groups excluding carboxylic acids is 1. The predicted octanol–water partition coefficient (Wildman–Crippen LogP) is 4.56. The van der Waals surface area contributed by atoms with Gasteiger partial charge in [-0.15, -0.1) is 0 Å². The third-order valence-electron chi connectivity index (χ3n) is 4.28. The number of pyridine rings is 1. The van der Waals surface area contributed by atoms with Gasteiger partial charge >= 0.3 is 0 Å². The number of methoxy groups -OCH3 is 1. The van der Waals surface area contributed by atoms with Gasteiger partial charge in [0, 0.05) is 18.7 Å². The van der Waals surface area contributed by atoms with E-state index in [2.05, 4.69) is 17.2 Å². The van der Waals surface area contributed by atoms with E-state index in [-0.39, 0.29) is 12.0 Å². The van der Waals surface area contributed by atoms with E-state index in [0.29, 0.717) is 17.9 Å². The number of benzene rings is 1. The number of hydrogen-bond donors (Lipinski definition) is 1. The molecule has 1 atom stereocenters. The molecule has 1 amide bonds. The summed E-state index contributed by atoms with van der Waals surface area (Å²) in [6, 6.07) is 7.49. The predicted molar refractivity (Wildman–Crippen MR) is 101 cm³/mol. The Labute approximate surface area is 149 Å². The van der Waals surface area contributed by atoms with Crippen molar-refractivity contribution in [2.24, 2.45) is 0 Å². The number of unbranched alkanes of at least 4 members (excludes halogenated alkanes) is 1. The zero-order chi connectivity index (χ0) is 18.4. The van der Waals surface area contributed by atoms with E-state index < -0.39 is 5.60 Å². The normalized spacial score (nSPS) is 13.7. The molecule has 0 fully saturated rings. The van der Waals surface area contributed by atoms with E-state index in [9.17, 15) is 4.79 Å². The van der Waals surface area contributed by atoms with Crippen molar-refractivity contribution in [2.45, 2.75) is 58.7 Å². The topological polar surface area (TPSA) is 60.5 Å². The Bertz CT molecular complexity index is 730. The van der Waals surface area contributed by atoms with Crippen molar-refractivity contribution in [2.75, 3.05) is 12.4 Å². The average Bonchev–Trinajstić information content (AvgIpc) is 2.61. The van der Waals surface area contributed by atoms with Gasteiger partial charge in [0.2, 0.25) is 0 Å². The van der Waals surface area contributed by atoms with Gasteiger partial charge in [-0.25, -0.2) is 0 Å². The fraction of sp³-hybridized carbons (Fsp3) is 0.500. The molecule has 0 aliphatic heterocycles. The van der Waals surface area contributed by atoms with Gasteiger partial charge in [-0.1, -0.05) is 19.8 Å². The van der Waals surface area contributed by atoms with E-state index >= 15 is 0 Å². The number of hydrogen-bond acceptors (Lipinski definition) is 4. The summed E-state index contributed by atoms with van der Waals surface area (Å²) in [7, 11) is 1.58. The molecule has 0 aliphatic rings. The lowest BCUT2D eigenvalue weighted by atomic mass is 9.97. The molecule has 0 radical (unpaired) electrons. The summed E-state index contributed by atoms with van der Waals surface area (Å²) in [4.78, 5) is 17.2. The molecule has 5 nitrogen and oxygen atoms in total. The highest BCUT2D eigenvalue weighted by atomic mass is 16.5. The molecule has 1 aromatic heterocycles. The van der Waals surface area contributed by atoms with Crippen LogP contribution in [0.4, 0.5) is 5.69 Å². The Balaban J connectivity index is 2.34. The van der Waals surface area contributed by atoms with Crippen LogP contribution in [-0.2, 0) is 9.53 Å². The molecular weight excluding hydrogens is 316 g/mol. The van der Waals surface area contributed by atoms with E-state index in [1.54, 1.807) is 13.3 Å². The molecule has 1 N–H and O–H groups in total. The number of fused-ring (bicyclic) bond motifs is 1. The van der Waals surface area contributed by atoms with E-state index in [0.717, 1.165) is 23.7 Å². The molecular formula is C20H28N2O3. The lowest BCUT2D eigenvalue weighted by Crippen LogP contribution is -2.42. The first-order valence-corrected chi connectivity index (χ1v) is 8.82. The zero-order valence-corrected chi connectivity index (χ0v) is 15.8. The molecule has 0 unspecified atom stereocenters. The Morgan fingerprint density at radius 3 is 2.72 bits per heavy atom. The van der Waals surface area contributed by atoms with Crippen LogP contribution in [0.15, 0.2) is 30.5 Å². The Morgan fingerprint density at radius 2 is 2.08 bits per heavy atom. The van der Waals surface area contributed by atoms with Crippen molar-refractivity contribution < 1.29 is 14.3 Å². The molecule has 25 heavy (non-hydrogen) atoms. The standard InChI is InChI=1S/C20H28N2O3/c1-6-7-12-20(4,24-5)19(23)22-16-10-11-17(25-14(2)3)18-15(16)9-8-13-21-18/h8-11,13-14H,6-7,12H2,1-5H3,(H,22,23)/t20-/m0/s1. The molecule has 2 rings (SSSR count). The van der Waals surface area contributed by atoms with E-state index in [1.165, 1.54) is 0 Å². The molecule has 0 saturated carbocycles. The smallest absolute Gasteiger partial charge is 0.256 e. The second kappa shape index (κ2) is 8.30. The van der Waals surface area contributed by atoms with Gasteiger partial charge in [-0.2, -0.15) is 0 Å². The lowest BCUT2D eigenvalue weighted by Gasteiger charge is -2.27.